The molecule has 1 aliphatic heterocycles. The second-order valence-corrected chi connectivity index (χ2v) is 12.7. The first kappa shape index (κ1) is 29.0. The van der Waals surface area contributed by atoms with E-state index in [0.29, 0.717) is 40.3 Å². The molecule has 1 aromatic heterocycles. The summed E-state index contributed by atoms with van der Waals surface area (Å²) in [4.78, 5) is 31.5. The van der Waals surface area contributed by atoms with Gasteiger partial charge in [0.15, 0.2) is 9.84 Å². The average molecular weight is 661 g/mol. The van der Waals surface area contributed by atoms with Gasteiger partial charge in [-0.25, -0.2) is 8.42 Å². The standard InChI is InChI=1S/C29H33IN4O4S/c1-5-34(6-2)14-13-31-29(36)27-18(3)26(32-19(27)4)16-23-22-15-21(11-12-25(22)33-28(23)35)39(37,38)17-20-9-7-8-10-24(20)30/h7-12,15-16,32H,5-6,13-14,17H2,1-4H3,(H,31,36)(H,33,35)/b23-16-. The Kier molecular flexibility index (Phi) is 8.97. The minimum Gasteiger partial charge on any atom is -0.358 e. The van der Waals surface area contributed by atoms with E-state index in [0.717, 1.165) is 34.3 Å². The van der Waals surface area contributed by atoms with E-state index in [-0.39, 0.29) is 22.5 Å². The fourth-order valence-corrected chi connectivity index (χ4v) is 7.00. The van der Waals surface area contributed by atoms with Gasteiger partial charge in [-0.3, -0.25) is 9.59 Å². The van der Waals surface area contributed by atoms with Crippen molar-refractivity contribution in [1.29, 1.82) is 0 Å². The molecule has 2 amide bonds. The van der Waals surface area contributed by atoms with Gasteiger partial charge in [0.1, 0.15) is 0 Å². The Bertz CT molecular complexity index is 1560. The summed E-state index contributed by atoms with van der Waals surface area (Å²) in [6.07, 6.45) is 1.69. The molecule has 3 N–H and O–H groups in total. The van der Waals surface area contributed by atoms with Crippen LogP contribution in [0.1, 0.15) is 52.3 Å². The van der Waals surface area contributed by atoms with Crippen molar-refractivity contribution in [2.45, 2.75) is 38.3 Å². The first-order chi connectivity index (χ1) is 18.6. The highest BCUT2D eigenvalue weighted by atomic mass is 127. The third-order valence-corrected chi connectivity index (χ3v) is 9.75. The minimum atomic E-state index is -3.65. The Balaban J connectivity index is 1.62. The number of H-pyrrole nitrogens is 1. The average Bonchev–Trinajstić information content (AvgIpc) is 3.36. The smallest absolute Gasteiger partial charge is 0.256 e. The molecule has 10 heteroatoms. The maximum absolute atomic E-state index is 13.3. The monoisotopic (exact) mass is 660 g/mol. The van der Waals surface area contributed by atoms with Crippen molar-refractivity contribution in [3.05, 3.63) is 79.7 Å². The van der Waals surface area contributed by atoms with Crippen LogP contribution in [0.4, 0.5) is 5.69 Å². The van der Waals surface area contributed by atoms with E-state index in [1.807, 2.05) is 32.0 Å². The van der Waals surface area contributed by atoms with Gasteiger partial charge in [0.05, 0.1) is 21.8 Å². The Morgan fingerprint density at radius 2 is 1.82 bits per heavy atom. The van der Waals surface area contributed by atoms with Crippen LogP contribution in [0.5, 0.6) is 0 Å². The summed E-state index contributed by atoms with van der Waals surface area (Å²) in [5, 5.41) is 5.81. The second kappa shape index (κ2) is 12.1. The van der Waals surface area contributed by atoms with Crippen LogP contribution in [0.3, 0.4) is 0 Å². The molecule has 8 nitrogen and oxygen atoms in total. The summed E-state index contributed by atoms with van der Waals surface area (Å²) < 4.78 is 27.4. The van der Waals surface area contributed by atoms with Crippen molar-refractivity contribution in [2.75, 3.05) is 31.5 Å². The van der Waals surface area contributed by atoms with E-state index in [1.54, 1.807) is 24.3 Å². The van der Waals surface area contributed by atoms with E-state index in [4.69, 9.17) is 0 Å². The van der Waals surface area contributed by atoms with Crippen molar-refractivity contribution in [2.24, 2.45) is 0 Å². The SMILES string of the molecule is CCN(CC)CCNC(=O)c1c(C)[nH]c(/C=C2\C(=O)Nc3ccc(S(=O)(=O)Cc4ccccc4I)cc32)c1C. The van der Waals surface area contributed by atoms with E-state index < -0.39 is 9.84 Å². The quantitative estimate of drug-likeness (QED) is 0.214. The zero-order valence-electron chi connectivity index (χ0n) is 22.5. The van der Waals surface area contributed by atoms with E-state index in [9.17, 15) is 18.0 Å². The molecule has 0 unspecified atom stereocenters. The number of fused-ring (bicyclic) bond motifs is 1. The first-order valence-corrected chi connectivity index (χ1v) is 15.6. The summed E-state index contributed by atoms with van der Waals surface area (Å²) in [5.74, 6) is -0.625. The van der Waals surface area contributed by atoms with Gasteiger partial charge in [-0.2, -0.15) is 0 Å². The number of aromatic amines is 1. The number of nitrogens with zero attached hydrogens (tertiary/aromatic N) is 1. The Labute approximate surface area is 243 Å². The third kappa shape index (κ3) is 6.28. The van der Waals surface area contributed by atoms with Gasteiger partial charge in [0.25, 0.3) is 11.8 Å². The van der Waals surface area contributed by atoms with Crippen LogP contribution in [0.2, 0.25) is 0 Å². The van der Waals surface area contributed by atoms with Crippen molar-refractivity contribution in [3.63, 3.8) is 0 Å². The molecule has 2 heterocycles. The van der Waals surface area contributed by atoms with E-state index in [1.165, 1.54) is 6.07 Å². The zero-order valence-corrected chi connectivity index (χ0v) is 25.5. The number of hydrogen-bond acceptors (Lipinski definition) is 5. The second-order valence-electron chi connectivity index (χ2n) is 9.52. The molecule has 1 aliphatic rings. The highest BCUT2D eigenvalue weighted by Crippen LogP contribution is 2.36. The maximum Gasteiger partial charge on any atom is 0.256 e. The molecule has 2 aromatic carbocycles. The Morgan fingerprint density at radius 3 is 2.51 bits per heavy atom. The van der Waals surface area contributed by atoms with Gasteiger partial charge in [-0.1, -0.05) is 32.0 Å². The van der Waals surface area contributed by atoms with Crippen LogP contribution in [-0.2, 0) is 20.4 Å². The maximum atomic E-state index is 13.3. The number of aryl methyl sites for hydroxylation is 1. The van der Waals surface area contributed by atoms with Crippen molar-refractivity contribution < 1.29 is 18.0 Å². The van der Waals surface area contributed by atoms with Crippen molar-refractivity contribution >= 4 is 61.6 Å². The lowest BCUT2D eigenvalue weighted by Gasteiger charge is -2.18. The van der Waals surface area contributed by atoms with Gasteiger partial charge >= 0.3 is 0 Å². The molecule has 206 valence electrons. The van der Waals surface area contributed by atoms with Crippen LogP contribution in [0, 0.1) is 17.4 Å². The van der Waals surface area contributed by atoms with Gasteiger partial charge in [0, 0.05) is 39.3 Å². The Morgan fingerprint density at radius 1 is 1.10 bits per heavy atom. The van der Waals surface area contributed by atoms with E-state index in [2.05, 4.69) is 57.0 Å². The number of amides is 2. The number of halogens is 1. The largest absolute Gasteiger partial charge is 0.358 e. The fraction of sp³-hybridized carbons (Fsp3) is 0.310. The number of hydrogen-bond donors (Lipinski definition) is 3. The molecule has 0 saturated carbocycles. The van der Waals surface area contributed by atoms with Crippen molar-refractivity contribution in [3.8, 4) is 0 Å². The molecular formula is C29H33IN4O4S. The molecule has 39 heavy (non-hydrogen) atoms. The van der Waals surface area contributed by atoms with Crippen LogP contribution < -0.4 is 10.6 Å². The lowest BCUT2D eigenvalue weighted by atomic mass is 10.0. The summed E-state index contributed by atoms with van der Waals surface area (Å²) in [6, 6.07) is 12.1. The number of anilines is 1. The summed E-state index contributed by atoms with van der Waals surface area (Å²) in [6.45, 7) is 11.0. The molecule has 0 radical (unpaired) electrons. The first-order valence-electron chi connectivity index (χ1n) is 12.9. The normalized spacial score (nSPS) is 14.1. The van der Waals surface area contributed by atoms with Crippen LogP contribution in [0.25, 0.3) is 11.6 Å². The molecule has 0 bridgehead atoms. The number of carbonyl (C=O) groups excluding carboxylic acids is 2. The summed E-state index contributed by atoms with van der Waals surface area (Å²) >= 11 is 2.13. The molecule has 4 rings (SSSR count). The third-order valence-electron chi connectivity index (χ3n) is 7.04. The molecular weight excluding hydrogens is 627 g/mol. The molecule has 0 saturated heterocycles. The molecule has 0 spiro atoms. The van der Waals surface area contributed by atoms with Gasteiger partial charge in [-0.05, 0) is 91.0 Å². The molecule has 3 aromatic rings. The fourth-order valence-electron chi connectivity index (χ4n) is 4.77. The number of sulfone groups is 1. The van der Waals surface area contributed by atoms with Gasteiger partial charge in [0.2, 0.25) is 0 Å². The lowest BCUT2D eigenvalue weighted by Crippen LogP contribution is -2.35. The lowest BCUT2D eigenvalue weighted by molar-refractivity contribution is -0.110. The highest BCUT2D eigenvalue weighted by Gasteiger charge is 2.28. The topological polar surface area (TPSA) is 111 Å². The van der Waals surface area contributed by atoms with Crippen LogP contribution >= 0.6 is 22.6 Å². The molecule has 0 atom stereocenters. The zero-order chi connectivity index (χ0) is 28.3. The number of carbonyl (C=O) groups is 2. The number of aromatic nitrogens is 1. The summed E-state index contributed by atoms with van der Waals surface area (Å²) in [5.41, 5.74) is 4.74. The van der Waals surface area contributed by atoms with Crippen molar-refractivity contribution in [1.82, 2.24) is 15.2 Å². The van der Waals surface area contributed by atoms with Gasteiger partial charge in [-0.15, -0.1) is 0 Å². The number of rotatable bonds is 10. The predicted octanol–water partition coefficient (Wildman–Crippen LogP) is 4.77. The Hall–Kier alpha value is -2.96. The highest BCUT2D eigenvalue weighted by molar-refractivity contribution is 14.1. The number of likely N-dealkylation sites (N-methyl/N-ethyl adjacent to an activating group) is 1. The number of nitrogens with one attached hydrogen (secondary N) is 3. The summed E-state index contributed by atoms with van der Waals surface area (Å²) in [7, 11) is -3.65. The minimum absolute atomic E-state index is 0.132. The van der Waals surface area contributed by atoms with Crippen LogP contribution in [-0.4, -0.2) is 56.3 Å². The molecule has 0 fully saturated rings. The molecule has 0 aliphatic carbocycles. The van der Waals surface area contributed by atoms with E-state index >= 15 is 0 Å². The predicted molar refractivity (Wildman–Crippen MR) is 163 cm³/mol. The van der Waals surface area contributed by atoms with Crippen LogP contribution in [0.15, 0.2) is 47.4 Å². The number of benzene rings is 2. The van der Waals surface area contributed by atoms with Gasteiger partial charge < -0.3 is 20.5 Å².